The second-order valence-corrected chi connectivity index (χ2v) is 2.45. The maximum absolute atomic E-state index is 10.1. The molecule has 0 rings (SSSR count). The molecule has 66 valence electrons. The summed E-state index contributed by atoms with van der Waals surface area (Å²) in [5, 5.41) is 36.7. The molecule has 11 heavy (non-hydrogen) atoms. The minimum atomic E-state index is -2.72. The Morgan fingerprint density at radius 1 is 1.45 bits per heavy atom. The zero-order valence-corrected chi connectivity index (χ0v) is 6.31. The second-order valence-electron chi connectivity index (χ2n) is 2.45. The normalized spacial score (nSPS) is 17.5. The zero-order chi connectivity index (χ0) is 9.28. The Morgan fingerprint density at radius 3 is 1.82 bits per heavy atom. The largest absolute Gasteiger partial charge is 0.375 e. The standard InChI is InChI=1S/C5H11NO5/c1-3-5(9,6(10)11)4(2,7)8/h7-9H,3H2,1-2H3. The topological polar surface area (TPSA) is 104 Å². The van der Waals surface area contributed by atoms with Gasteiger partial charge in [0.25, 0.3) is 5.79 Å². The van der Waals surface area contributed by atoms with Gasteiger partial charge in [-0.2, -0.15) is 0 Å². The predicted molar refractivity (Wildman–Crippen MR) is 35.1 cm³/mol. The molecule has 0 aromatic carbocycles. The van der Waals surface area contributed by atoms with Gasteiger partial charge in [-0.1, -0.05) is 6.92 Å². The Kier molecular flexibility index (Phi) is 2.55. The summed E-state index contributed by atoms with van der Waals surface area (Å²) in [4.78, 5) is 9.02. The Morgan fingerprint density at radius 2 is 1.82 bits per heavy atom. The van der Waals surface area contributed by atoms with Gasteiger partial charge in [-0.25, -0.2) is 0 Å². The average molecular weight is 165 g/mol. The lowest BCUT2D eigenvalue weighted by molar-refractivity contribution is -0.666. The smallest absolute Gasteiger partial charge is 0.358 e. The molecule has 0 aliphatic rings. The molecule has 0 aromatic heterocycles. The SMILES string of the molecule is CCC(O)([N+](=O)[O-])C(C)(O)O. The van der Waals surface area contributed by atoms with Gasteiger partial charge in [0.15, 0.2) is 0 Å². The molecule has 0 aromatic rings. The van der Waals surface area contributed by atoms with Crippen LogP contribution in [-0.2, 0) is 0 Å². The molecule has 0 amide bonds. The van der Waals surface area contributed by atoms with E-state index in [1.807, 2.05) is 0 Å². The van der Waals surface area contributed by atoms with E-state index >= 15 is 0 Å². The lowest BCUT2D eigenvalue weighted by atomic mass is 10.0. The first-order valence-electron chi connectivity index (χ1n) is 3.07. The summed E-state index contributed by atoms with van der Waals surface area (Å²) < 4.78 is 0. The van der Waals surface area contributed by atoms with Gasteiger partial charge < -0.3 is 15.3 Å². The number of rotatable bonds is 3. The highest BCUT2D eigenvalue weighted by atomic mass is 16.7. The molecule has 3 N–H and O–H groups in total. The van der Waals surface area contributed by atoms with Crippen molar-refractivity contribution in [3.63, 3.8) is 0 Å². The van der Waals surface area contributed by atoms with Gasteiger partial charge >= 0.3 is 5.72 Å². The van der Waals surface area contributed by atoms with Crippen LogP contribution in [-0.4, -0.2) is 31.8 Å². The van der Waals surface area contributed by atoms with E-state index in [9.17, 15) is 10.1 Å². The first-order chi connectivity index (χ1) is 4.75. The number of nitrogens with zero attached hydrogens (tertiary/aromatic N) is 1. The van der Waals surface area contributed by atoms with Gasteiger partial charge in [0, 0.05) is 6.42 Å². The highest BCUT2D eigenvalue weighted by Gasteiger charge is 2.55. The third-order valence-corrected chi connectivity index (χ3v) is 1.55. The first-order valence-corrected chi connectivity index (χ1v) is 3.07. The summed E-state index contributed by atoms with van der Waals surface area (Å²) in [5.74, 6) is -2.72. The van der Waals surface area contributed by atoms with Gasteiger partial charge in [-0.3, -0.25) is 10.1 Å². The summed E-state index contributed by atoms with van der Waals surface area (Å²) in [6, 6.07) is 0. The third kappa shape index (κ3) is 1.65. The molecule has 0 saturated carbocycles. The molecule has 0 aliphatic carbocycles. The van der Waals surface area contributed by atoms with E-state index in [0.717, 1.165) is 6.92 Å². The van der Waals surface area contributed by atoms with Gasteiger partial charge in [0.05, 0.1) is 4.92 Å². The maximum Gasteiger partial charge on any atom is 0.375 e. The molecule has 0 aliphatic heterocycles. The van der Waals surface area contributed by atoms with Crippen LogP contribution < -0.4 is 0 Å². The minimum absolute atomic E-state index is 0.372. The van der Waals surface area contributed by atoms with Gasteiger partial charge in [-0.15, -0.1) is 0 Å². The molecule has 0 fully saturated rings. The zero-order valence-electron chi connectivity index (χ0n) is 6.31. The van der Waals surface area contributed by atoms with Gasteiger partial charge in [0.2, 0.25) is 0 Å². The summed E-state index contributed by atoms with van der Waals surface area (Å²) in [6.07, 6.45) is -0.372. The fraction of sp³-hybridized carbons (Fsp3) is 1.00. The van der Waals surface area contributed by atoms with Crippen LogP contribution in [0.4, 0.5) is 0 Å². The van der Waals surface area contributed by atoms with E-state index in [1.54, 1.807) is 0 Å². The van der Waals surface area contributed by atoms with Crippen LogP contribution >= 0.6 is 0 Å². The van der Waals surface area contributed by atoms with E-state index < -0.39 is 16.4 Å². The lowest BCUT2D eigenvalue weighted by Crippen LogP contribution is -2.57. The van der Waals surface area contributed by atoms with Gasteiger partial charge in [0.1, 0.15) is 0 Å². The Labute approximate surface area is 63.2 Å². The Bertz CT molecular complexity index is 163. The van der Waals surface area contributed by atoms with Crippen LogP contribution in [0.15, 0.2) is 0 Å². The fourth-order valence-electron chi connectivity index (χ4n) is 0.637. The summed E-state index contributed by atoms with van der Waals surface area (Å²) in [5.41, 5.74) is -2.69. The van der Waals surface area contributed by atoms with Crippen LogP contribution in [0.3, 0.4) is 0 Å². The maximum atomic E-state index is 10.1. The Balaban J connectivity index is 4.75. The van der Waals surface area contributed by atoms with Crippen molar-refractivity contribution in [3.8, 4) is 0 Å². The van der Waals surface area contributed by atoms with Crippen LogP contribution in [0.5, 0.6) is 0 Å². The first kappa shape index (κ1) is 10.3. The molecule has 6 nitrogen and oxygen atoms in total. The second kappa shape index (κ2) is 2.72. The molecule has 0 radical (unpaired) electrons. The number of nitro groups is 1. The van der Waals surface area contributed by atoms with Gasteiger partial charge in [-0.05, 0) is 6.92 Å². The molecular formula is C5H11NO5. The van der Waals surface area contributed by atoms with Crippen molar-refractivity contribution in [2.75, 3.05) is 0 Å². The van der Waals surface area contributed by atoms with Crippen molar-refractivity contribution in [1.82, 2.24) is 0 Å². The number of hydrogen-bond donors (Lipinski definition) is 3. The molecule has 0 heterocycles. The minimum Gasteiger partial charge on any atom is -0.358 e. The average Bonchev–Trinajstić information content (AvgIpc) is 1.83. The summed E-state index contributed by atoms with van der Waals surface area (Å²) in [7, 11) is 0. The van der Waals surface area contributed by atoms with E-state index in [4.69, 9.17) is 15.3 Å². The fourth-order valence-corrected chi connectivity index (χ4v) is 0.637. The van der Waals surface area contributed by atoms with Crippen LogP contribution in [0.2, 0.25) is 0 Å². The van der Waals surface area contributed by atoms with Crippen LogP contribution in [0, 0.1) is 10.1 Å². The molecule has 1 atom stereocenters. The monoisotopic (exact) mass is 165 g/mol. The summed E-state index contributed by atoms with van der Waals surface area (Å²) in [6.45, 7) is 2.05. The van der Waals surface area contributed by atoms with E-state index in [1.165, 1.54) is 6.92 Å². The van der Waals surface area contributed by atoms with Crippen molar-refractivity contribution in [2.45, 2.75) is 31.8 Å². The molecule has 0 bridgehead atoms. The van der Waals surface area contributed by atoms with Crippen LogP contribution in [0.25, 0.3) is 0 Å². The number of hydrogen-bond acceptors (Lipinski definition) is 5. The Hall–Kier alpha value is -0.720. The van der Waals surface area contributed by atoms with E-state index in [2.05, 4.69) is 0 Å². The van der Waals surface area contributed by atoms with Crippen molar-refractivity contribution >= 4 is 0 Å². The number of aliphatic hydroxyl groups is 3. The van der Waals surface area contributed by atoms with Crippen molar-refractivity contribution in [2.24, 2.45) is 0 Å². The summed E-state index contributed by atoms with van der Waals surface area (Å²) >= 11 is 0. The molecule has 0 spiro atoms. The van der Waals surface area contributed by atoms with E-state index in [0.29, 0.717) is 0 Å². The van der Waals surface area contributed by atoms with Crippen molar-refractivity contribution in [3.05, 3.63) is 10.1 Å². The highest BCUT2D eigenvalue weighted by Crippen LogP contribution is 2.23. The molecule has 6 heteroatoms. The lowest BCUT2D eigenvalue weighted by Gasteiger charge is -2.27. The van der Waals surface area contributed by atoms with Crippen LogP contribution in [0.1, 0.15) is 20.3 Å². The molecule has 1 unspecified atom stereocenters. The third-order valence-electron chi connectivity index (χ3n) is 1.55. The quantitative estimate of drug-likeness (QED) is 0.284. The molecular weight excluding hydrogens is 154 g/mol. The van der Waals surface area contributed by atoms with E-state index in [-0.39, 0.29) is 6.42 Å². The molecule has 0 saturated heterocycles. The predicted octanol–water partition coefficient (Wildman–Crippen LogP) is -0.938. The van der Waals surface area contributed by atoms with Crippen molar-refractivity contribution < 1.29 is 20.2 Å². The highest BCUT2D eigenvalue weighted by molar-refractivity contribution is 4.76. The van der Waals surface area contributed by atoms with Crippen molar-refractivity contribution in [1.29, 1.82) is 0 Å².